The summed E-state index contributed by atoms with van der Waals surface area (Å²) in [7, 11) is 0. The lowest BCUT2D eigenvalue weighted by Gasteiger charge is -2.24. The minimum atomic E-state index is -0.737. The third-order valence-corrected chi connectivity index (χ3v) is 3.79. The maximum absolute atomic E-state index is 11.5. The van der Waals surface area contributed by atoms with Gasteiger partial charge in [0, 0.05) is 18.3 Å². The van der Waals surface area contributed by atoms with Crippen LogP contribution < -0.4 is 10.1 Å². The second kappa shape index (κ2) is 6.28. The smallest absolute Gasteiger partial charge is 0.311 e. The highest BCUT2D eigenvalue weighted by Crippen LogP contribution is 2.38. The Balaban J connectivity index is 2.08. The van der Waals surface area contributed by atoms with Gasteiger partial charge in [0.05, 0.1) is 11.5 Å². The van der Waals surface area contributed by atoms with Gasteiger partial charge < -0.3 is 15.2 Å². The van der Waals surface area contributed by atoms with E-state index in [-0.39, 0.29) is 6.10 Å². The molecule has 0 radical (unpaired) electrons. The van der Waals surface area contributed by atoms with Crippen LogP contribution in [0.4, 0.5) is 5.95 Å². The molecule has 21 heavy (non-hydrogen) atoms. The van der Waals surface area contributed by atoms with Crippen molar-refractivity contribution in [2.75, 3.05) is 11.9 Å². The average Bonchev–Trinajstić information content (AvgIpc) is 2.85. The zero-order chi connectivity index (χ0) is 15.5. The third kappa shape index (κ3) is 3.83. The van der Waals surface area contributed by atoms with Crippen molar-refractivity contribution in [3.05, 3.63) is 11.8 Å². The average molecular weight is 293 g/mol. The van der Waals surface area contributed by atoms with E-state index in [1.165, 1.54) is 0 Å². The molecule has 0 bridgehead atoms. The van der Waals surface area contributed by atoms with Crippen LogP contribution in [0.25, 0.3) is 0 Å². The molecule has 0 aromatic carbocycles. The van der Waals surface area contributed by atoms with Gasteiger partial charge in [-0.2, -0.15) is 4.98 Å². The number of rotatable bonds is 6. The Hall–Kier alpha value is -1.85. The summed E-state index contributed by atoms with van der Waals surface area (Å²) in [6, 6.07) is 1.77. The van der Waals surface area contributed by atoms with E-state index in [0.717, 1.165) is 18.5 Å². The summed E-state index contributed by atoms with van der Waals surface area (Å²) in [5.74, 6) is 0.202. The standard InChI is InChI=1S/C15H23N3O3/c1-10(2)21-12-8-11(3)17-14(18-12)16-9-15(13(19)20)6-4-5-7-15/h8,10H,4-7,9H2,1-3H3,(H,19,20)(H,16,17,18). The Morgan fingerprint density at radius 2 is 2.10 bits per heavy atom. The molecule has 0 atom stereocenters. The molecule has 116 valence electrons. The fourth-order valence-electron chi connectivity index (χ4n) is 2.69. The highest BCUT2D eigenvalue weighted by molar-refractivity contribution is 5.75. The highest BCUT2D eigenvalue weighted by atomic mass is 16.5. The van der Waals surface area contributed by atoms with Gasteiger partial charge in [-0.15, -0.1) is 0 Å². The minimum absolute atomic E-state index is 0.0346. The van der Waals surface area contributed by atoms with Crippen LogP contribution in [-0.2, 0) is 4.79 Å². The first kappa shape index (κ1) is 15.5. The molecule has 1 heterocycles. The number of aryl methyl sites for hydroxylation is 1. The number of nitrogens with one attached hydrogen (secondary N) is 1. The highest BCUT2D eigenvalue weighted by Gasteiger charge is 2.41. The van der Waals surface area contributed by atoms with Crippen LogP contribution >= 0.6 is 0 Å². The molecule has 0 amide bonds. The molecule has 6 nitrogen and oxygen atoms in total. The second-order valence-electron chi connectivity index (χ2n) is 5.98. The molecule has 0 aliphatic heterocycles. The van der Waals surface area contributed by atoms with Crippen molar-refractivity contribution in [3.8, 4) is 5.88 Å². The van der Waals surface area contributed by atoms with E-state index < -0.39 is 11.4 Å². The number of carboxylic acid groups (broad SMARTS) is 1. The molecule has 1 aromatic rings. The van der Waals surface area contributed by atoms with Crippen molar-refractivity contribution in [2.24, 2.45) is 5.41 Å². The molecular formula is C15H23N3O3. The van der Waals surface area contributed by atoms with Gasteiger partial charge in [0.2, 0.25) is 11.8 Å². The van der Waals surface area contributed by atoms with E-state index in [2.05, 4.69) is 15.3 Å². The zero-order valence-electron chi connectivity index (χ0n) is 12.8. The molecule has 2 rings (SSSR count). The Bertz CT molecular complexity index is 511. The van der Waals surface area contributed by atoms with E-state index in [1.54, 1.807) is 6.07 Å². The van der Waals surface area contributed by atoms with Crippen molar-refractivity contribution < 1.29 is 14.6 Å². The summed E-state index contributed by atoms with van der Waals surface area (Å²) in [4.78, 5) is 20.1. The Kier molecular flexibility index (Phi) is 4.65. The lowest BCUT2D eigenvalue weighted by molar-refractivity contribution is -0.147. The van der Waals surface area contributed by atoms with Crippen molar-refractivity contribution >= 4 is 11.9 Å². The fraction of sp³-hybridized carbons (Fsp3) is 0.667. The summed E-state index contributed by atoms with van der Waals surface area (Å²) < 4.78 is 5.57. The monoisotopic (exact) mass is 293 g/mol. The lowest BCUT2D eigenvalue weighted by Crippen LogP contribution is -2.35. The van der Waals surface area contributed by atoms with Gasteiger partial charge in [0.15, 0.2) is 0 Å². The molecule has 1 fully saturated rings. The first-order chi connectivity index (χ1) is 9.91. The fourth-order valence-corrected chi connectivity index (χ4v) is 2.69. The number of hydrogen-bond donors (Lipinski definition) is 2. The Morgan fingerprint density at radius 3 is 2.67 bits per heavy atom. The normalized spacial score (nSPS) is 17.0. The first-order valence-electron chi connectivity index (χ1n) is 7.41. The van der Waals surface area contributed by atoms with Crippen LogP contribution in [0.3, 0.4) is 0 Å². The van der Waals surface area contributed by atoms with Crippen LogP contribution in [-0.4, -0.2) is 33.7 Å². The first-order valence-corrected chi connectivity index (χ1v) is 7.41. The molecule has 0 unspecified atom stereocenters. The van der Waals surface area contributed by atoms with Crippen LogP contribution in [0.15, 0.2) is 6.07 Å². The molecule has 0 spiro atoms. The number of carboxylic acids is 1. The maximum Gasteiger partial charge on any atom is 0.311 e. The van der Waals surface area contributed by atoms with Crippen molar-refractivity contribution in [1.29, 1.82) is 0 Å². The molecule has 1 aromatic heterocycles. The number of hydrogen-bond acceptors (Lipinski definition) is 5. The van der Waals surface area contributed by atoms with Crippen LogP contribution in [0.5, 0.6) is 5.88 Å². The van der Waals surface area contributed by atoms with Crippen LogP contribution in [0.2, 0.25) is 0 Å². The summed E-state index contributed by atoms with van der Waals surface area (Å²) in [6.07, 6.45) is 3.37. The molecule has 6 heteroatoms. The van der Waals surface area contributed by atoms with Crippen molar-refractivity contribution in [3.63, 3.8) is 0 Å². The quantitative estimate of drug-likeness (QED) is 0.838. The van der Waals surface area contributed by atoms with E-state index in [9.17, 15) is 9.90 Å². The number of carbonyl (C=O) groups is 1. The van der Waals surface area contributed by atoms with E-state index >= 15 is 0 Å². The predicted octanol–water partition coefficient (Wildman–Crippen LogP) is 2.63. The maximum atomic E-state index is 11.5. The Morgan fingerprint density at radius 1 is 1.43 bits per heavy atom. The number of aromatic nitrogens is 2. The number of aliphatic carboxylic acids is 1. The molecule has 1 aliphatic carbocycles. The molecular weight excluding hydrogens is 270 g/mol. The lowest BCUT2D eigenvalue weighted by atomic mass is 9.86. The minimum Gasteiger partial charge on any atom is -0.481 e. The zero-order valence-corrected chi connectivity index (χ0v) is 12.8. The predicted molar refractivity (Wildman–Crippen MR) is 79.6 cm³/mol. The molecule has 2 N–H and O–H groups in total. The summed E-state index contributed by atoms with van der Waals surface area (Å²) in [5.41, 5.74) is 0.102. The van der Waals surface area contributed by atoms with Gasteiger partial charge in [0.25, 0.3) is 0 Å². The Labute approximate surface area is 124 Å². The molecule has 1 aliphatic rings. The largest absolute Gasteiger partial charge is 0.481 e. The van der Waals surface area contributed by atoms with Gasteiger partial charge in [0.1, 0.15) is 0 Å². The summed E-state index contributed by atoms with van der Waals surface area (Å²) in [6.45, 7) is 6.08. The van der Waals surface area contributed by atoms with Gasteiger partial charge >= 0.3 is 5.97 Å². The summed E-state index contributed by atoms with van der Waals surface area (Å²) >= 11 is 0. The third-order valence-electron chi connectivity index (χ3n) is 3.79. The second-order valence-corrected chi connectivity index (χ2v) is 5.98. The van der Waals surface area contributed by atoms with Gasteiger partial charge in [-0.25, -0.2) is 4.98 Å². The van der Waals surface area contributed by atoms with E-state index in [4.69, 9.17) is 4.74 Å². The van der Waals surface area contributed by atoms with Crippen LogP contribution in [0, 0.1) is 12.3 Å². The van der Waals surface area contributed by atoms with Gasteiger partial charge in [-0.1, -0.05) is 12.8 Å². The molecule has 1 saturated carbocycles. The molecule has 0 saturated heterocycles. The van der Waals surface area contributed by atoms with Crippen molar-refractivity contribution in [2.45, 2.75) is 52.6 Å². The van der Waals surface area contributed by atoms with Gasteiger partial charge in [-0.3, -0.25) is 4.79 Å². The topological polar surface area (TPSA) is 84.3 Å². The number of anilines is 1. The van der Waals surface area contributed by atoms with Gasteiger partial charge in [-0.05, 0) is 33.6 Å². The van der Waals surface area contributed by atoms with E-state index in [0.29, 0.717) is 31.2 Å². The van der Waals surface area contributed by atoms with Crippen LogP contribution in [0.1, 0.15) is 45.2 Å². The number of nitrogens with zero attached hydrogens (tertiary/aromatic N) is 2. The van der Waals surface area contributed by atoms with Crippen molar-refractivity contribution in [1.82, 2.24) is 9.97 Å². The summed E-state index contributed by atoms with van der Waals surface area (Å²) in [5, 5.41) is 12.5. The SMILES string of the molecule is Cc1cc(OC(C)C)nc(NCC2(C(=O)O)CCCC2)n1. The van der Waals surface area contributed by atoms with E-state index in [1.807, 2.05) is 20.8 Å². The number of ether oxygens (including phenoxy) is 1.